The van der Waals surface area contributed by atoms with E-state index in [2.05, 4.69) is 4.99 Å². The molecule has 0 amide bonds. The maximum absolute atomic E-state index is 11.6. The van der Waals surface area contributed by atoms with Crippen LogP contribution in [0.15, 0.2) is 46.9 Å². The smallest absolute Gasteiger partial charge is 0.328 e. The molecule has 136 valence electrons. The maximum Gasteiger partial charge on any atom is 0.328 e. The standard InChI is InChI=1S/C19H19NO6/c1-23-15-7-11-5-13(19(21)22)20-18(12(11)8-16(15)24-2)10-3-4-14-17(6-10)26-9-25-14/h3-4,6-8,11-13H,5,9H2,1-2H3,(H,21,22). The van der Waals surface area contributed by atoms with Gasteiger partial charge in [-0.25, -0.2) is 4.79 Å². The van der Waals surface area contributed by atoms with Gasteiger partial charge in [-0.1, -0.05) is 0 Å². The van der Waals surface area contributed by atoms with Gasteiger partial charge >= 0.3 is 5.97 Å². The summed E-state index contributed by atoms with van der Waals surface area (Å²) >= 11 is 0. The third-order valence-corrected chi connectivity index (χ3v) is 4.90. The maximum atomic E-state index is 11.6. The van der Waals surface area contributed by atoms with Crippen molar-refractivity contribution in [1.82, 2.24) is 0 Å². The first-order chi connectivity index (χ1) is 12.6. The number of carboxylic acids is 1. The molecule has 0 saturated carbocycles. The first kappa shape index (κ1) is 16.5. The summed E-state index contributed by atoms with van der Waals surface area (Å²) in [5, 5.41) is 9.53. The van der Waals surface area contributed by atoms with Gasteiger partial charge in [0.1, 0.15) is 6.04 Å². The lowest BCUT2D eigenvalue weighted by Crippen LogP contribution is -2.37. The van der Waals surface area contributed by atoms with Gasteiger partial charge < -0.3 is 24.1 Å². The van der Waals surface area contributed by atoms with Gasteiger partial charge in [-0.3, -0.25) is 4.99 Å². The van der Waals surface area contributed by atoms with Crippen molar-refractivity contribution in [3.63, 3.8) is 0 Å². The second-order valence-corrected chi connectivity index (χ2v) is 6.33. The van der Waals surface area contributed by atoms with Crippen LogP contribution in [-0.2, 0) is 14.3 Å². The van der Waals surface area contributed by atoms with Crippen molar-refractivity contribution < 1.29 is 28.8 Å². The lowest BCUT2D eigenvalue weighted by molar-refractivity contribution is -0.138. The van der Waals surface area contributed by atoms with E-state index >= 15 is 0 Å². The van der Waals surface area contributed by atoms with E-state index in [1.54, 1.807) is 14.2 Å². The summed E-state index contributed by atoms with van der Waals surface area (Å²) in [4.78, 5) is 16.2. The number of hydrogen-bond acceptors (Lipinski definition) is 6. The van der Waals surface area contributed by atoms with Crippen LogP contribution in [0.1, 0.15) is 12.0 Å². The molecule has 1 N–H and O–H groups in total. The summed E-state index contributed by atoms with van der Waals surface area (Å²) in [5.74, 6) is 1.48. The molecule has 0 saturated heterocycles. The quantitative estimate of drug-likeness (QED) is 0.890. The monoisotopic (exact) mass is 357 g/mol. The number of ether oxygens (including phenoxy) is 4. The number of nitrogens with zero attached hydrogens (tertiary/aromatic N) is 1. The number of hydrogen-bond donors (Lipinski definition) is 1. The highest BCUT2D eigenvalue weighted by atomic mass is 16.7. The molecular formula is C19H19NO6. The van der Waals surface area contributed by atoms with E-state index in [0.29, 0.717) is 35.1 Å². The summed E-state index contributed by atoms with van der Waals surface area (Å²) in [6.07, 6.45) is 4.29. The van der Waals surface area contributed by atoms with Crippen LogP contribution >= 0.6 is 0 Å². The van der Waals surface area contributed by atoms with Crippen LogP contribution in [0.5, 0.6) is 11.5 Å². The molecule has 0 aromatic heterocycles. The molecule has 0 radical (unpaired) electrons. The highest BCUT2D eigenvalue weighted by Gasteiger charge is 2.38. The molecule has 0 bridgehead atoms. The molecule has 1 aromatic rings. The van der Waals surface area contributed by atoms with E-state index in [0.717, 1.165) is 5.56 Å². The second kappa shape index (κ2) is 6.40. The van der Waals surface area contributed by atoms with E-state index in [-0.39, 0.29) is 18.6 Å². The number of benzene rings is 1. The van der Waals surface area contributed by atoms with Crippen LogP contribution < -0.4 is 9.47 Å². The predicted octanol–water partition coefficient (Wildman–Crippen LogP) is 2.37. The molecule has 7 heteroatoms. The van der Waals surface area contributed by atoms with E-state index in [1.807, 2.05) is 30.4 Å². The first-order valence-corrected chi connectivity index (χ1v) is 8.33. The third-order valence-electron chi connectivity index (χ3n) is 4.90. The summed E-state index contributed by atoms with van der Waals surface area (Å²) in [6, 6.07) is 4.74. The number of methoxy groups -OCH3 is 2. The van der Waals surface area contributed by atoms with Crippen LogP contribution in [0.25, 0.3) is 0 Å². The summed E-state index contributed by atoms with van der Waals surface area (Å²) in [5.41, 5.74) is 1.52. The van der Waals surface area contributed by atoms with Crippen molar-refractivity contribution in [1.29, 1.82) is 0 Å². The molecule has 2 heterocycles. The molecule has 0 fully saturated rings. The Labute approximate surface area is 150 Å². The fourth-order valence-electron chi connectivity index (χ4n) is 3.63. The van der Waals surface area contributed by atoms with E-state index in [9.17, 15) is 9.90 Å². The largest absolute Gasteiger partial charge is 0.493 e. The number of carboxylic acid groups (broad SMARTS) is 1. The Hall–Kier alpha value is -2.96. The average molecular weight is 357 g/mol. The molecule has 7 nitrogen and oxygen atoms in total. The Morgan fingerprint density at radius 3 is 2.62 bits per heavy atom. The predicted molar refractivity (Wildman–Crippen MR) is 92.3 cm³/mol. The number of rotatable bonds is 4. The number of aliphatic carboxylic acids is 1. The molecule has 3 aliphatic rings. The third kappa shape index (κ3) is 2.69. The molecule has 1 aromatic carbocycles. The fourth-order valence-corrected chi connectivity index (χ4v) is 3.63. The van der Waals surface area contributed by atoms with E-state index in [4.69, 9.17) is 18.9 Å². The van der Waals surface area contributed by atoms with Gasteiger partial charge in [-0.15, -0.1) is 0 Å². The normalized spacial score (nSPS) is 26.2. The number of aliphatic imine (C=N–C) groups is 1. The fraction of sp³-hybridized carbons (Fsp3) is 0.368. The van der Waals surface area contributed by atoms with Crippen LogP contribution in [0.2, 0.25) is 0 Å². The SMILES string of the molecule is COC1=CC2CC(C(=O)O)N=C(c3ccc4c(c3)OCO4)C2C=C1OC. The van der Waals surface area contributed by atoms with Gasteiger partial charge in [0, 0.05) is 11.5 Å². The van der Waals surface area contributed by atoms with Crippen molar-refractivity contribution >= 4 is 11.7 Å². The average Bonchev–Trinajstić information content (AvgIpc) is 3.13. The number of allylic oxidation sites excluding steroid dienone is 2. The van der Waals surface area contributed by atoms with Gasteiger partial charge in [0.05, 0.1) is 19.9 Å². The Balaban J connectivity index is 1.79. The molecule has 26 heavy (non-hydrogen) atoms. The molecule has 3 unspecified atom stereocenters. The van der Waals surface area contributed by atoms with Crippen molar-refractivity contribution in [2.75, 3.05) is 21.0 Å². The van der Waals surface area contributed by atoms with E-state index in [1.165, 1.54) is 0 Å². The highest BCUT2D eigenvalue weighted by Crippen LogP contribution is 2.40. The Kier molecular flexibility index (Phi) is 4.06. The lowest BCUT2D eigenvalue weighted by Gasteiger charge is -2.34. The van der Waals surface area contributed by atoms with Crippen molar-refractivity contribution in [2.45, 2.75) is 12.5 Å². The zero-order valence-corrected chi connectivity index (χ0v) is 14.5. The molecule has 4 rings (SSSR count). The van der Waals surface area contributed by atoms with Gasteiger partial charge in [0.25, 0.3) is 0 Å². The topological polar surface area (TPSA) is 86.6 Å². The van der Waals surface area contributed by atoms with Gasteiger partial charge in [-0.05, 0) is 42.7 Å². The zero-order chi connectivity index (χ0) is 18.3. The summed E-state index contributed by atoms with van der Waals surface area (Å²) in [7, 11) is 3.16. The summed E-state index contributed by atoms with van der Waals surface area (Å²) in [6.45, 7) is 0.183. The molecule has 0 spiro atoms. The van der Waals surface area contributed by atoms with Crippen molar-refractivity contribution in [3.8, 4) is 11.5 Å². The Morgan fingerprint density at radius 1 is 1.15 bits per heavy atom. The molecule has 2 aliphatic heterocycles. The first-order valence-electron chi connectivity index (χ1n) is 8.33. The van der Waals surface area contributed by atoms with Crippen molar-refractivity contribution in [2.24, 2.45) is 16.8 Å². The molecule has 3 atom stereocenters. The molecular weight excluding hydrogens is 338 g/mol. The van der Waals surface area contributed by atoms with Gasteiger partial charge in [0.2, 0.25) is 6.79 Å². The summed E-state index contributed by atoms with van der Waals surface area (Å²) < 4.78 is 21.6. The number of fused-ring (bicyclic) bond motifs is 2. The Bertz CT molecular complexity index is 840. The molecule has 1 aliphatic carbocycles. The van der Waals surface area contributed by atoms with E-state index < -0.39 is 12.0 Å². The zero-order valence-electron chi connectivity index (χ0n) is 14.5. The van der Waals surface area contributed by atoms with Gasteiger partial charge in [0.15, 0.2) is 23.0 Å². The number of carbonyl (C=O) groups is 1. The lowest BCUT2D eigenvalue weighted by atomic mass is 9.75. The minimum absolute atomic E-state index is 0.0390. The minimum atomic E-state index is -0.935. The minimum Gasteiger partial charge on any atom is -0.493 e. The second-order valence-electron chi connectivity index (χ2n) is 6.33. The van der Waals surface area contributed by atoms with Crippen molar-refractivity contribution in [3.05, 3.63) is 47.4 Å². The van der Waals surface area contributed by atoms with Crippen LogP contribution in [0, 0.1) is 11.8 Å². The van der Waals surface area contributed by atoms with Crippen LogP contribution in [0.4, 0.5) is 0 Å². The highest BCUT2D eigenvalue weighted by molar-refractivity contribution is 6.06. The van der Waals surface area contributed by atoms with Gasteiger partial charge in [-0.2, -0.15) is 0 Å². The van der Waals surface area contributed by atoms with Crippen LogP contribution in [-0.4, -0.2) is 43.8 Å². The van der Waals surface area contributed by atoms with Crippen LogP contribution in [0.3, 0.4) is 0 Å². The Morgan fingerprint density at radius 2 is 1.88 bits per heavy atom.